The van der Waals surface area contributed by atoms with E-state index in [1.807, 2.05) is 12.1 Å². The first-order valence-corrected chi connectivity index (χ1v) is 8.35. The molecule has 21 heavy (non-hydrogen) atoms. The molecule has 116 valence electrons. The molecule has 2 atom stereocenters. The number of halogens is 1. The van der Waals surface area contributed by atoms with Gasteiger partial charge < -0.3 is 20.1 Å². The summed E-state index contributed by atoms with van der Waals surface area (Å²) in [4.78, 5) is 13.0. The zero-order valence-corrected chi connectivity index (χ0v) is 13.3. The van der Waals surface area contributed by atoms with Gasteiger partial charge in [-0.1, -0.05) is 11.6 Å². The zero-order chi connectivity index (χ0) is 14.7. The van der Waals surface area contributed by atoms with Gasteiger partial charge in [0, 0.05) is 30.6 Å². The summed E-state index contributed by atoms with van der Waals surface area (Å²) in [5.41, 5.74) is -0.183. The molecule has 2 N–H and O–H groups in total. The van der Waals surface area contributed by atoms with Crippen molar-refractivity contribution in [1.29, 1.82) is 0 Å². The molecule has 2 aliphatic heterocycles. The van der Waals surface area contributed by atoms with Gasteiger partial charge in [-0.25, -0.2) is 4.79 Å². The molecular formula is C14H19ClN2O3S. The largest absolute Gasteiger partial charge is 0.378 e. The molecular weight excluding hydrogens is 312 g/mol. The van der Waals surface area contributed by atoms with Gasteiger partial charge in [0.15, 0.2) is 0 Å². The maximum Gasteiger partial charge on any atom is 0.315 e. The van der Waals surface area contributed by atoms with E-state index >= 15 is 0 Å². The lowest BCUT2D eigenvalue weighted by molar-refractivity contribution is -0.0878. The first kappa shape index (κ1) is 15.1. The van der Waals surface area contributed by atoms with Gasteiger partial charge in [0.05, 0.1) is 23.1 Å². The molecule has 3 rings (SSSR count). The van der Waals surface area contributed by atoms with E-state index in [9.17, 15) is 4.79 Å². The topological polar surface area (TPSA) is 59.6 Å². The van der Waals surface area contributed by atoms with Crippen LogP contribution in [0.4, 0.5) is 4.79 Å². The van der Waals surface area contributed by atoms with E-state index < -0.39 is 0 Å². The second-order valence-corrected chi connectivity index (χ2v) is 7.36. The van der Waals surface area contributed by atoms with Crippen molar-refractivity contribution in [1.82, 2.24) is 10.6 Å². The molecule has 1 aromatic rings. The molecule has 0 unspecified atom stereocenters. The number of hydrogen-bond acceptors (Lipinski definition) is 4. The van der Waals surface area contributed by atoms with Crippen LogP contribution in [0.25, 0.3) is 0 Å². The molecule has 7 heteroatoms. The summed E-state index contributed by atoms with van der Waals surface area (Å²) in [6.45, 7) is 2.56. The predicted octanol–water partition coefficient (Wildman–Crippen LogP) is 2.54. The number of amides is 2. The number of carbonyl (C=O) groups excluding carboxylic acids is 1. The molecule has 0 bridgehead atoms. The highest BCUT2D eigenvalue weighted by atomic mass is 35.5. The molecule has 2 fully saturated rings. The molecule has 2 aliphatic rings. The minimum absolute atomic E-state index is 0.138. The Bertz CT molecular complexity index is 502. The molecule has 1 spiro atoms. The molecule has 0 radical (unpaired) electrons. The third-order valence-corrected chi connectivity index (χ3v) is 5.18. The lowest BCUT2D eigenvalue weighted by atomic mass is 9.90. The van der Waals surface area contributed by atoms with Crippen LogP contribution in [0.5, 0.6) is 0 Å². The molecule has 0 aromatic carbocycles. The van der Waals surface area contributed by atoms with Gasteiger partial charge in [0.1, 0.15) is 0 Å². The van der Waals surface area contributed by atoms with Gasteiger partial charge >= 0.3 is 6.03 Å². The highest BCUT2D eigenvalue weighted by molar-refractivity contribution is 7.16. The van der Waals surface area contributed by atoms with Crippen molar-refractivity contribution >= 4 is 29.0 Å². The molecule has 2 amide bonds. The number of ether oxygens (including phenoxy) is 2. The van der Waals surface area contributed by atoms with Crippen LogP contribution in [-0.2, 0) is 16.0 Å². The Labute approximate surface area is 133 Å². The predicted molar refractivity (Wildman–Crippen MR) is 81.8 cm³/mol. The number of hydrogen-bond donors (Lipinski definition) is 2. The lowest BCUT2D eigenvalue weighted by Crippen LogP contribution is -2.51. The van der Waals surface area contributed by atoms with Crippen molar-refractivity contribution in [2.75, 3.05) is 19.8 Å². The van der Waals surface area contributed by atoms with E-state index in [1.165, 1.54) is 11.3 Å². The van der Waals surface area contributed by atoms with E-state index in [0.717, 1.165) is 35.1 Å². The molecule has 5 nitrogen and oxygen atoms in total. The van der Waals surface area contributed by atoms with Crippen molar-refractivity contribution in [2.45, 2.75) is 37.5 Å². The van der Waals surface area contributed by atoms with Crippen molar-refractivity contribution in [3.05, 3.63) is 21.3 Å². The Kier molecular flexibility index (Phi) is 4.69. The third-order valence-electron chi connectivity index (χ3n) is 3.95. The normalized spacial score (nSPS) is 28.7. The van der Waals surface area contributed by atoms with Crippen molar-refractivity contribution in [3.8, 4) is 0 Å². The van der Waals surface area contributed by atoms with Crippen molar-refractivity contribution in [2.24, 2.45) is 0 Å². The minimum atomic E-state index is -0.183. The minimum Gasteiger partial charge on any atom is -0.378 e. The standard InChI is InChI=1S/C14H19ClN2O3S/c15-12-2-1-11(21-12)8-16-13(18)17-10-3-5-20-14(7-10)4-6-19-9-14/h1-2,10H,3-9H2,(H2,16,17,18)/t10-,14-/m1/s1. The van der Waals surface area contributed by atoms with Gasteiger partial charge in [0.25, 0.3) is 0 Å². The number of urea groups is 1. The van der Waals surface area contributed by atoms with Crippen LogP contribution < -0.4 is 10.6 Å². The maximum atomic E-state index is 12.0. The van der Waals surface area contributed by atoms with Crippen molar-refractivity contribution in [3.63, 3.8) is 0 Å². The first-order valence-electron chi connectivity index (χ1n) is 7.16. The SMILES string of the molecule is O=C(NCc1ccc(Cl)s1)N[C@@H]1CCO[C@]2(CCOC2)C1. The van der Waals surface area contributed by atoms with Crippen LogP contribution in [-0.4, -0.2) is 37.5 Å². The Hall–Kier alpha value is -0.820. The van der Waals surface area contributed by atoms with E-state index in [4.69, 9.17) is 21.1 Å². The van der Waals surface area contributed by atoms with E-state index in [2.05, 4.69) is 10.6 Å². The Morgan fingerprint density at radius 1 is 1.48 bits per heavy atom. The number of thiophene rings is 1. The fourth-order valence-electron chi connectivity index (χ4n) is 2.86. The lowest BCUT2D eigenvalue weighted by Gasteiger charge is -2.37. The van der Waals surface area contributed by atoms with Crippen LogP contribution >= 0.6 is 22.9 Å². The molecule has 2 saturated heterocycles. The van der Waals surface area contributed by atoms with Crippen LogP contribution in [0.1, 0.15) is 24.1 Å². The Morgan fingerprint density at radius 3 is 3.10 bits per heavy atom. The number of rotatable bonds is 3. The highest BCUT2D eigenvalue weighted by Gasteiger charge is 2.41. The van der Waals surface area contributed by atoms with Gasteiger partial charge in [-0.05, 0) is 25.0 Å². The monoisotopic (exact) mass is 330 g/mol. The summed E-state index contributed by atoms with van der Waals surface area (Å²) in [6, 6.07) is 3.77. The Morgan fingerprint density at radius 2 is 2.38 bits per heavy atom. The second kappa shape index (κ2) is 6.52. The Balaban J connectivity index is 1.46. The molecule has 0 aliphatic carbocycles. The van der Waals surface area contributed by atoms with Gasteiger partial charge in [-0.15, -0.1) is 11.3 Å². The van der Waals surface area contributed by atoms with Crippen LogP contribution in [0.15, 0.2) is 12.1 Å². The number of carbonyl (C=O) groups is 1. The molecule has 0 saturated carbocycles. The summed E-state index contributed by atoms with van der Waals surface area (Å²) in [7, 11) is 0. The average Bonchev–Trinajstić information content (AvgIpc) is 3.06. The van der Waals surface area contributed by atoms with Crippen molar-refractivity contribution < 1.29 is 14.3 Å². The quantitative estimate of drug-likeness (QED) is 0.895. The zero-order valence-electron chi connectivity index (χ0n) is 11.7. The van der Waals surface area contributed by atoms with E-state index in [1.54, 1.807) is 0 Å². The van der Waals surface area contributed by atoms with Crippen LogP contribution in [0, 0.1) is 0 Å². The van der Waals surface area contributed by atoms with E-state index in [-0.39, 0.29) is 17.7 Å². The fraction of sp³-hybridized carbons (Fsp3) is 0.643. The molecule has 1 aromatic heterocycles. The summed E-state index contributed by atoms with van der Waals surface area (Å²) in [6.07, 6.45) is 2.59. The maximum absolute atomic E-state index is 12.0. The highest BCUT2D eigenvalue weighted by Crippen LogP contribution is 2.32. The fourth-order valence-corrected chi connectivity index (χ4v) is 3.89. The van der Waals surface area contributed by atoms with E-state index in [0.29, 0.717) is 19.8 Å². The van der Waals surface area contributed by atoms with Gasteiger partial charge in [0.2, 0.25) is 0 Å². The van der Waals surface area contributed by atoms with Gasteiger partial charge in [-0.2, -0.15) is 0 Å². The summed E-state index contributed by atoms with van der Waals surface area (Å²) in [5.74, 6) is 0. The number of nitrogens with one attached hydrogen (secondary N) is 2. The molecule has 3 heterocycles. The third kappa shape index (κ3) is 3.88. The smallest absolute Gasteiger partial charge is 0.315 e. The first-order chi connectivity index (χ1) is 10.2. The second-order valence-electron chi connectivity index (χ2n) is 5.56. The van der Waals surface area contributed by atoms with Gasteiger partial charge in [-0.3, -0.25) is 0 Å². The average molecular weight is 331 g/mol. The van der Waals surface area contributed by atoms with Crippen LogP contribution in [0.2, 0.25) is 4.34 Å². The summed E-state index contributed by atoms with van der Waals surface area (Å²) >= 11 is 7.34. The summed E-state index contributed by atoms with van der Waals surface area (Å²) in [5, 5.41) is 5.90. The van der Waals surface area contributed by atoms with Crippen LogP contribution in [0.3, 0.4) is 0 Å². The summed E-state index contributed by atoms with van der Waals surface area (Å²) < 4.78 is 12.0.